The first-order valence-electron chi connectivity index (χ1n) is 3.20. The summed E-state index contributed by atoms with van der Waals surface area (Å²) < 4.78 is 28.4. The van der Waals surface area contributed by atoms with Crippen molar-refractivity contribution < 1.29 is 13.5 Å². The molecule has 1 aliphatic heterocycles. The Morgan fingerprint density at radius 2 is 2.11 bits per heavy atom. The van der Waals surface area contributed by atoms with Crippen molar-refractivity contribution in [2.24, 2.45) is 0 Å². The SMILES string of the molecule is FC(F)[C@@H]1CCCCO1. The molecule has 0 saturated carbocycles. The highest BCUT2D eigenvalue weighted by molar-refractivity contribution is 4.64. The molecule has 1 rings (SSSR count). The van der Waals surface area contributed by atoms with Crippen LogP contribution >= 0.6 is 0 Å². The van der Waals surface area contributed by atoms with E-state index in [0.717, 1.165) is 12.8 Å². The second-order valence-corrected chi connectivity index (χ2v) is 2.24. The molecule has 0 spiro atoms. The van der Waals surface area contributed by atoms with Crippen LogP contribution in [0.5, 0.6) is 0 Å². The van der Waals surface area contributed by atoms with Crippen LogP contribution in [0.3, 0.4) is 0 Å². The van der Waals surface area contributed by atoms with E-state index in [1.165, 1.54) is 0 Å². The summed E-state index contributed by atoms with van der Waals surface area (Å²) in [6.45, 7) is 0.509. The van der Waals surface area contributed by atoms with Crippen molar-refractivity contribution in [1.82, 2.24) is 0 Å². The monoisotopic (exact) mass is 136 g/mol. The average molecular weight is 136 g/mol. The molecule has 1 fully saturated rings. The second-order valence-electron chi connectivity index (χ2n) is 2.24. The molecular formula is C6H10F2O. The minimum Gasteiger partial charge on any atom is -0.372 e. The van der Waals surface area contributed by atoms with Gasteiger partial charge >= 0.3 is 0 Å². The average Bonchev–Trinajstić information content (AvgIpc) is 1.90. The smallest absolute Gasteiger partial charge is 0.264 e. The number of ether oxygens (including phenoxy) is 1. The summed E-state index contributed by atoms with van der Waals surface area (Å²) in [5, 5.41) is 0. The third-order valence-corrected chi connectivity index (χ3v) is 1.50. The van der Waals surface area contributed by atoms with Crippen LogP contribution in [0.25, 0.3) is 0 Å². The van der Waals surface area contributed by atoms with Crippen LogP contribution in [0.15, 0.2) is 0 Å². The van der Waals surface area contributed by atoms with Crippen molar-refractivity contribution in [3.63, 3.8) is 0 Å². The van der Waals surface area contributed by atoms with Crippen LogP contribution < -0.4 is 0 Å². The van der Waals surface area contributed by atoms with Crippen LogP contribution in [-0.4, -0.2) is 19.1 Å². The Balaban J connectivity index is 2.23. The van der Waals surface area contributed by atoms with E-state index in [4.69, 9.17) is 4.74 Å². The molecule has 0 unspecified atom stereocenters. The summed E-state index contributed by atoms with van der Waals surface area (Å²) >= 11 is 0. The third kappa shape index (κ3) is 1.90. The van der Waals surface area contributed by atoms with Gasteiger partial charge in [0.1, 0.15) is 6.10 Å². The zero-order valence-electron chi connectivity index (χ0n) is 5.15. The second kappa shape index (κ2) is 3.11. The molecule has 0 amide bonds. The minimum absolute atomic E-state index is 0.509. The van der Waals surface area contributed by atoms with Crippen molar-refractivity contribution in [3.8, 4) is 0 Å². The molecular weight excluding hydrogens is 126 g/mol. The number of rotatable bonds is 1. The first-order valence-corrected chi connectivity index (χ1v) is 3.20. The fourth-order valence-electron chi connectivity index (χ4n) is 0.964. The Morgan fingerprint density at radius 1 is 1.33 bits per heavy atom. The van der Waals surface area contributed by atoms with E-state index in [1.807, 2.05) is 0 Å². The summed E-state index contributed by atoms with van der Waals surface area (Å²) in [6, 6.07) is 0. The van der Waals surface area contributed by atoms with E-state index >= 15 is 0 Å². The lowest BCUT2D eigenvalue weighted by Gasteiger charge is -2.21. The van der Waals surface area contributed by atoms with E-state index in [9.17, 15) is 8.78 Å². The van der Waals surface area contributed by atoms with Crippen molar-refractivity contribution in [1.29, 1.82) is 0 Å². The Labute approximate surface area is 53.0 Å². The minimum atomic E-state index is -2.29. The highest BCUT2D eigenvalue weighted by Crippen LogP contribution is 2.18. The Bertz CT molecular complexity index is 79.1. The first kappa shape index (κ1) is 6.93. The van der Waals surface area contributed by atoms with Gasteiger partial charge in [0, 0.05) is 6.61 Å². The number of hydrogen-bond acceptors (Lipinski definition) is 1. The molecule has 0 radical (unpaired) electrons. The van der Waals surface area contributed by atoms with Crippen molar-refractivity contribution in [2.75, 3.05) is 6.61 Å². The van der Waals surface area contributed by atoms with Gasteiger partial charge < -0.3 is 4.74 Å². The summed E-state index contributed by atoms with van der Waals surface area (Å²) in [4.78, 5) is 0. The van der Waals surface area contributed by atoms with E-state index in [1.54, 1.807) is 0 Å². The van der Waals surface area contributed by atoms with Crippen LogP contribution in [0.2, 0.25) is 0 Å². The molecule has 9 heavy (non-hydrogen) atoms. The quantitative estimate of drug-likeness (QED) is 0.534. The standard InChI is InChI=1S/C6H10F2O/c7-6(8)5-3-1-2-4-9-5/h5-6H,1-4H2/t5-/m0/s1. The molecule has 1 nitrogen and oxygen atoms in total. The Hall–Kier alpha value is -0.180. The first-order chi connectivity index (χ1) is 4.30. The van der Waals surface area contributed by atoms with Gasteiger partial charge in [-0.05, 0) is 19.3 Å². The van der Waals surface area contributed by atoms with Crippen molar-refractivity contribution in [2.45, 2.75) is 31.8 Å². The number of hydrogen-bond donors (Lipinski definition) is 0. The van der Waals surface area contributed by atoms with E-state index in [2.05, 4.69) is 0 Å². The van der Waals surface area contributed by atoms with Crippen molar-refractivity contribution >= 4 is 0 Å². The highest BCUT2D eigenvalue weighted by atomic mass is 19.3. The zero-order chi connectivity index (χ0) is 6.69. The summed E-state index contributed by atoms with van der Waals surface area (Å²) in [5.41, 5.74) is 0. The van der Waals surface area contributed by atoms with E-state index in [-0.39, 0.29) is 0 Å². The molecule has 3 heteroatoms. The Kier molecular flexibility index (Phi) is 2.39. The molecule has 0 aromatic carbocycles. The fourth-order valence-corrected chi connectivity index (χ4v) is 0.964. The summed E-state index contributed by atoms with van der Waals surface area (Å²) in [5.74, 6) is 0. The lowest BCUT2D eigenvalue weighted by Crippen LogP contribution is -2.26. The van der Waals surface area contributed by atoms with Gasteiger partial charge in [0.25, 0.3) is 6.43 Å². The molecule has 0 aromatic rings. The van der Waals surface area contributed by atoms with Crippen LogP contribution in [0.4, 0.5) is 8.78 Å². The molecule has 1 atom stereocenters. The summed E-state index contributed by atoms with van der Waals surface area (Å²) in [7, 11) is 0. The summed E-state index contributed by atoms with van der Waals surface area (Å²) in [6.07, 6.45) is -0.723. The van der Waals surface area contributed by atoms with Gasteiger partial charge in [-0.3, -0.25) is 0 Å². The molecule has 1 aliphatic rings. The van der Waals surface area contributed by atoms with Gasteiger partial charge in [0.15, 0.2) is 0 Å². The molecule has 0 aliphatic carbocycles. The maximum atomic E-state index is 11.8. The molecule has 1 saturated heterocycles. The zero-order valence-corrected chi connectivity index (χ0v) is 5.15. The van der Waals surface area contributed by atoms with E-state index < -0.39 is 12.5 Å². The predicted octanol–water partition coefficient (Wildman–Crippen LogP) is 1.82. The lowest BCUT2D eigenvalue weighted by atomic mass is 10.1. The van der Waals surface area contributed by atoms with E-state index in [0.29, 0.717) is 13.0 Å². The molecule has 0 aromatic heterocycles. The van der Waals surface area contributed by atoms with Crippen LogP contribution in [0, 0.1) is 0 Å². The number of alkyl halides is 2. The van der Waals surface area contributed by atoms with Gasteiger partial charge in [-0.15, -0.1) is 0 Å². The topological polar surface area (TPSA) is 9.23 Å². The van der Waals surface area contributed by atoms with Crippen LogP contribution in [0.1, 0.15) is 19.3 Å². The number of halogens is 2. The fraction of sp³-hybridized carbons (Fsp3) is 1.00. The lowest BCUT2D eigenvalue weighted by molar-refractivity contribution is -0.0779. The van der Waals surface area contributed by atoms with Crippen molar-refractivity contribution in [3.05, 3.63) is 0 Å². The Morgan fingerprint density at radius 3 is 2.44 bits per heavy atom. The largest absolute Gasteiger partial charge is 0.372 e. The maximum absolute atomic E-state index is 11.8. The molecule has 0 N–H and O–H groups in total. The van der Waals surface area contributed by atoms with Gasteiger partial charge in [-0.1, -0.05) is 0 Å². The normalized spacial score (nSPS) is 29.0. The molecule has 1 heterocycles. The predicted molar refractivity (Wildman–Crippen MR) is 29.6 cm³/mol. The van der Waals surface area contributed by atoms with Gasteiger partial charge in [-0.25, -0.2) is 8.78 Å². The molecule has 0 bridgehead atoms. The van der Waals surface area contributed by atoms with Crippen LogP contribution in [-0.2, 0) is 4.74 Å². The van der Waals surface area contributed by atoms with Gasteiger partial charge in [-0.2, -0.15) is 0 Å². The van der Waals surface area contributed by atoms with Gasteiger partial charge in [0.05, 0.1) is 0 Å². The maximum Gasteiger partial charge on any atom is 0.264 e. The molecule has 54 valence electrons. The highest BCUT2D eigenvalue weighted by Gasteiger charge is 2.22. The third-order valence-electron chi connectivity index (χ3n) is 1.50. The van der Waals surface area contributed by atoms with Gasteiger partial charge in [0.2, 0.25) is 0 Å².